The standard InChI is InChI=1S/C13H6ClFN4O/c14-13-17-10(7-5-16-19-12(7)18-13)9-4-6-2-1-3-8(15)11(6)20-9/h1-5H,(H,16,17,18,19). The van der Waals surface area contributed by atoms with Crippen LogP contribution < -0.4 is 0 Å². The molecular formula is C13H6ClFN4O. The van der Waals surface area contributed by atoms with E-state index in [1.807, 2.05) is 0 Å². The molecule has 20 heavy (non-hydrogen) atoms. The third-order valence-corrected chi connectivity index (χ3v) is 3.18. The molecule has 0 saturated heterocycles. The second-order valence-electron chi connectivity index (χ2n) is 4.24. The molecule has 0 aliphatic rings. The fourth-order valence-corrected chi connectivity index (χ4v) is 2.31. The predicted octanol–water partition coefficient (Wildman–Crippen LogP) is 3.56. The molecule has 4 rings (SSSR count). The lowest BCUT2D eigenvalue weighted by Crippen LogP contribution is -1.88. The summed E-state index contributed by atoms with van der Waals surface area (Å²) in [5.41, 5.74) is 1.17. The van der Waals surface area contributed by atoms with Gasteiger partial charge in [-0.25, -0.2) is 9.37 Å². The first-order chi connectivity index (χ1) is 9.72. The van der Waals surface area contributed by atoms with Crippen LogP contribution in [0.3, 0.4) is 0 Å². The summed E-state index contributed by atoms with van der Waals surface area (Å²) in [6.45, 7) is 0. The van der Waals surface area contributed by atoms with Gasteiger partial charge in [0.2, 0.25) is 5.28 Å². The number of benzene rings is 1. The van der Waals surface area contributed by atoms with Gasteiger partial charge in [0, 0.05) is 5.39 Å². The largest absolute Gasteiger partial charge is 0.451 e. The molecule has 4 aromatic rings. The van der Waals surface area contributed by atoms with Crippen molar-refractivity contribution >= 4 is 33.6 Å². The number of halogens is 2. The zero-order chi connectivity index (χ0) is 13.7. The summed E-state index contributed by atoms with van der Waals surface area (Å²) >= 11 is 5.87. The van der Waals surface area contributed by atoms with Crippen LogP contribution in [-0.4, -0.2) is 20.2 Å². The van der Waals surface area contributed by atoms with E-state index in [1.54, 1.807) is 24.4 Å². The predicted molar refractivity (Wildman–Crippen MR) is 71.9 cm³/mol. The van der Waals surface area contributed by atoms with E-state index in [0.717, 1.165) is 0 Å². The van der Waals surface area contributed by atoms with Crippen molar-refractivity contribution in [2.75, 3.05) is 0 Å². The Balaban J connectivity index is 2.05. The molecule has 0 aliphatic carbocycles. The molecule has 0 bridgehead atoms. The van der Waals surface area contributed by atoms with Crippen molar-refractivity contribution in [3.63, 3.8) is 0 Å². The third kappa shape index (κ3) is 1.58. The Labute approximate surface area is 116 Å². The first-order valence-corrected chi connectivity index (χ1v) is 6.15. The van der Waals surface area contributed by atoms with Gasteiger partial charge in [0.15, 0.2) is 22.8 Å². The highest BCUT2D eigenvalue weighted by atomic mass is 35.5. The van der Waals surface area contributed by atoms with Crippen LogP contribution in [0.4, 0.5) is 4.39 Å². The highest BCUT2D eigenvalue weighted by Gasteiger charge is 2.16. The highest BCUT2D eigenvalue weighted by molar-refractivity contribution is 6.28. The topological polar surface area (TPSA) is 67.6 Å². The summed E-state index contributed by atoms with van der Waals surface area (Å²) in [4.78, 5) is 8.16. The third-order valence-electron chi connectivity index (χ3n) is 3.01. The zero-order valence-electron chi connectivity index (χ0n) is 9.89. The molecule has 7 heteroatoms. The Kier molecular flexibility index (Phi) is 2.28. The minimum absolute atomic E-state index is 0.0673. The minimum atomic E-state index is -0.419. The van der Waals surface area contributed by atoms with E-state index in [9.17, 15) is 4.39 Å². The molecule has 0 amide bonds. The number of furan rings is 1. The quantitative estimate of drug-likeness (QED) is 0.544. The van der Waals surface area contributed by atoms with Crippen LogP contribution in [0.25, 0.3) is 33.5 Å². The van der Waals surface area contributed by atoms with Gasteiger partial charge in [0.1, 0.15) is 5.69 Å². The number of rotatable bonds is 1. The zero-order valence-corrected chi connectivity index (χ0v) is 10.6. The first kappa shape index (κ1) is 11.4. The van der Waals surface area contributed by atoms with Crippen LogP contribution in [0.5, 0.6) is 0 Å². The number of nitrogens with one attached hydrogen (secondary N) is 1. The summed E-state index contributed by atoms with van der Waals surface area (Å²) < 4.78 is 19.2. The summed E-state index contributed by atoms with van der Waals surface area (Å²) in [6, 6.07) is 6.44. The van der Waals surface area contributed by atoms with Crippen LogP contribution >= 0.6 is 11.6 Å². The smallest absolute Gasteiger partial charge is 0.225 e. The van der Waals surface area contributed by atoms with Crippen LogP contribution in [0.15, 0.2) is 34.9 Å². The molecule has 0 atom stereocenters. The van der Waals surface area contributed by atoms with Gasteiger partial charge in [0.25, 0.3) is 0 Å². The molecule has 1 aromatic carbocycles. The van der Waals surface area contributed by atoms with Crippen molar-refractivity contribution in [3.05, 3.63) is 41.6 Å². The van der Waals surface area contributed by atoms with E-state index in [4.69, 9.17) is 16.0 Å². The van der Waals surface area contributed by atoms with E-state index < -0.39 is 5.82 Å². The molecular weight excluding hydrogens is 283 g/mol. The van der Waals surface area contributed by atoms with Crippen LogP contribution in [0.1, 0.15) is 0 Å². The number of hydrogen-bond donors (Lipinski definition) is 1. The van der Waals surface area contributed by atoms with Crippen molar-refractivity contribution in [2.45, 2.75) is 0 Å². The highest BCUT2D eigenvalue weighted by Crippen LogP contribution is 2.32. The Morgan fingerprint density at radius 1 is 1.25 bits per heavy atom. The lowest BCUT2D eigenvalue weighted by atomic mass is 10.2. The first-order valence-electron chi connectivity index (χ1n) is 5.77. The summed E-state index contributed by atoms with van der Waals surface area (Å²) in [5.74, 6) is -0.00172. The maximum Gasteiger partial charge on any atom is 0.225 e. The van der Waals surface area contributed by atoms with Crippen LogP contribution in [0, 0.1) is 5.82 Å². The van der Waals surface area contributed by atoms with Crippen molar-refractivity contribution in [1.29, 1.82) is 0 Å². The van der Waals surface area contributed by atoms with E-state index in [0.29, 0.717) is 27.9 Å². The molecule has 0 fully saturated rings. The number of fused-ring (bicyclic) bond motifs is 2. The normalized spacial score (nSPS) is 11.5. The number of H-pyrrole nitrogens is 1. The summed E-state index contributed by atoms with van der Waals surface area (Å²) in [5, 5.41) is 8.00. The molecule has 0 unspecified atom stereocenters. The Morgan fingerprint density at radius 3 is 3.00 bits per heavy atom. The van der Waals surface area contributed by atoms with Crippen LogP contribution in [-0.2, 0) is 0 Å². The molecule has 0 aliphatic heterocycles. The maximum absolute atomic E-state index is 13.7. The van der Waals surface area contributed by atoms with E-state index in [-0.39, 0.29) is 10.9 Å². The Morgan fingerprint density at radius 2 is 2.15 bits per heavy atom. The molecule has 1 N–H and O–H groups in total. The fourth-order valence-electron chi connectivity index (χ4n) is 2.14. The Hall–Kier alpha value is -2.47. The van der Waals surface area contributed by atoms with Gasteiger partial charge < -0.3 is 4.42 Å². The van der Waals surface area contributed by atoms with Crippen molar-refractivity contribution in [1.82, 2.24) is 20.2 Å². The second kappa shape index (κ2) is 4.01. The SMILES string of the molecule is Fc1cccc2cc(-c3nc(Cl)nc4[nH]ncc34)oc12. The van der Waals surface area contributed by atoms with Gasteiger partial charge in [-0.05, 0) is 23.7 Å². The van der Waals surface area contributed by atoms with Crippen molar-refractivity contribution in [3.8, 4) is 11.5 Å². The van der Waals surface area contributed by atoms with Gasteiger partial charge in [-0.15, -0.1) is 0 Å². The molecule has 98 valence electrons. The lowest BCUT2D eigenvalue weighted by molar-refractivity contribution is 0.568. The molecule has 0 saturated carbocycles. The van der Waals surface area contributed by atoms with Gasteiger partial charge in [-0.2, -0.15) is 10.1 Å². The van der Waals surface area contributed by atoms with E-state index >= 15 is 0 Å². The molecule has 3 aromatic heterocycles. The number of aromatic amines is 1. The summed E-state index contributed by atoms with van der Waals surface area (Å²) in [7, 11) is 0. The van der Waals surface area contributed by atoms with Crippen molar-refractivity contribution in [2.24, 2.45) is 0 Å². The van der Waals surface area contributed by atoms with Gasteiger partial charge >= 0.3 is 0 Å². The van der Waals surface area contributed by atoms with Gasteiger partial charge in [0.05, 0.1) is 11.6 Å². The summed E-state index contributed by atoms with van der Waals surface area (Å²) in [6.07, 6.45) is 1.57. The van der Waals surface area contributed by atoms with Gasteiger partial charge in [-0.3, -0.25) is 5.10 Å². The fraction of sp³-hybridized carbons (Fsp3) is 0. The molecule has 3 heterocycles. The van der Waals surface area contributed by atoms with Crippen LogP contribution in [0.2, 0.25) is 5.28 Å². The minimum Gasteiger partial charge on any atom is -0.451 e. The number of aromatic nitrogens is 4. The number of nitrogens with zero attached hydrogens (tertiary/aromatic N) is 3. The average Bonchev–Trinajstić information content (AvgIpc) is 3.04. The molecule has 5 nitrogen and oxygen atoms in total. The maximum atomic E-state index is 13.7. The number of hydrogen-bond acceptors (Lipinski definition) is 4. The number of para-hydroxylation sites is 1. The van der Waals surface area contributed by atoms with E-state index in [2.05, 4.69) is 20.2 Å². The Bertz CT molecular complexity index is 946. The van der Waals surface area contributed by atoms with E-state index in [1.165, 1.54) is 6.07 Å². The lowest BCUT2D eigenvalue weighted by Gasteiger charge is -1.98. The monoisotopic (exact) mass is 288 g/mol. The van der Waals surface area contributed by atoms with Crippen molar-refractivity contribution < 1.29 is 8.81 Å². The molecule has 0 radical (unpaired) electrons. The average molecular weight is 289 g/mol. The second-order valence-corrected chi connectivity index (χ2v) is 4.58. The van der Waals surface area contributed by atoms with Gasteiger partial charge in [-0.1, -0.05) is 12.1 Å². The molecule has 0 spiro atoms.